The van der Waals surface area contributed by atoms with Gasteiger partial charge in [0.15, 0.2) is 0 Å². The van der Waals surface area contributed by atoms with Crippen molar-refractivity contribution in [3.63, 3.8) is 0 Å². The van der Waals surface area contributed by atoms with E-state index in [0.29, 0.717) is 6.54 Å². The van der Waals surface area contributed by atoms with E-state index in [-0.39, 0.29) is 64.5 Å². The van der Waals surface area contributed by atoms with E-state index < -0.39 is 13.4 Å². The number of aliphatic hydroxyl groups is 1. The summed E-state index contributed by atoms with van der Waals surface area (Å²) in [6.07, 6.45) is -0.878. The Morgan fingerprint density at radius 3 is 2.08 bits per heavy atom. The van der Waals surface area contributed by atoms with Gasteiger partial charge in [0.2, 0.25) is 0 Å². The number of halogens is 3. The molecule has 0 bridgehead atoms. The summed E-state index contributed by atoms with van der Waals surface area (Å²) in [6.45, 7) is -2.92. The van der Waals surface area contributed by atoms with Crippen LogP contribution >= 0.6 is 0 Å². The Hall–Kier alpha value is 1.41. The monoisotopic (exact) mass is 209 g/mol. The molecular formula is C5H12BF3KNO. The molecule has 0 aliphatic heterocycles. The molecule has 0 spiro atoms. The van der Waals surface area contributed by atoms with Crippen LogP contribution < -0.4 is 51.4 Å². The molecule has 0 aromatic rings. The minimum Gasteiger partial charge on any atom is -0.448 e. The number of likely N-dealkylation sites (N-methyl/N-ethyl adjacent to an activating group) is 1. The first-order valence-corrected chi connectivity index (χ1v) is 3.53. The summed E-state index contributed by atoms with van der Waals surface area (Å²) in [7, 11) is 0. The summed E-state index contributed by atoms with van der Waals surface area (Å²) in [5.74, 6) is 0. The number of aliphatic hydroxyl groups excluding tert-OH is 1. The number of hydrogen-bond donors (Lipinski definition) is 1. The van der Waals surface area contributed by atoms with Gasteiger partial charge in [-0.2, -0.15) is 0 Å². The maximum Gasteiger partial charge on any atom is 1.00 e. The molecule has 0 saturated carbocycles. The van der Waals surface area contributed by atoms with E-state index >= 15 is 0 Å². The summed E-state index contributed by atoms with van der Waals surface area (Å²) in [5.41, 5.74) is 0. The molecule has 68 valence electrons. The first-order chi connectivity index (χ1) is 4.99. The second-order valence-electron chi connectivity index (χ2n) is 2.33. The van der Waals surface area contributed by atoms with Gasteiger partial charge in [-0.25, -0.2) is 0 Å². The molecular weight excluding hydrogens is 197 g/mol. The van der Waals surface area contributed by atoms with E-state index in [2.05, 4.69) is 0 Å². The number of hydrogen-bond acceptors (Lipinski definition) is 2. The molecule has 0 radical (unpaired) electrons. The Balaban J connectivity index is 0. The maximum absolute atomic E-state index is 11.8. The number of nitrogens with zero attached hydrogens (tertiary/aromatic N) is 1. The average Bonchev–Trinajstić information content (AvgIpc) is 1.84. The molecule has 2 nitrogen and oxygen atoms in total. The van der Waals surface area contributed by atoms with Crippen LogP contribution in [0.3, 0.4) is 0 Å². The largest absolute Gasteiger partial charge is 1.00 e. The molecule has 7 heteroatoms. The normalized spacial score (nSPS) is 11.5. The SMILES string of the molecule is CCN(CCO)C[B-](F)(F)F.[K+]. The van der Waals surface area contributed by atoms with Crippen LogP contribution in [0, 0.1) is 0 Å². The Morgan fingerprint density at radius 2 is 1.83 bits per heavy atom. The van der Waals surface area contributed by atoms with Crippen LogP contribution in [0.15, 0.2) is 0 Å². The van der Waals surface area contributed by atoms with Gasteiger partial charge in [-0.05, 0) is 13.0 Å². The van der Waals surface area contributed by atoms with Crippen molar-refractivity contribution in [1.82, 2.24) is 4.90 Å². The fourth-order valence-corrected chi connectivity index (χ4v) is 0.813. The average molecular weight is 209 g/mol. The third-order valence-corrected chi connectivity index (χ3v) is 1.33. The van der Waals surface area contributed by atoms with Gasteiger partial charge in [0.1, 0.15) is 0 Å². The Kier molecular flexibility index (Phi) is 10.3. The Labute approximate surface area is 113 Å². The minimum atomic E-state index is -4.75. The van der Waals surface area contributed by atoms with Gasteiger partial charge in [0.25, 0.3) is 0 Å². The third kappa shape index (κ3) is 9.50. The van der Waals surface area contributed by atoms with Gasteiger partial charge < -0.3 is 23.0 Å². The Morgan fingerprint density at radius 1 is 1.33 bits per heavy atom. The molecule has 0 aromatic heterocycles. The van der Waals surface area contributed by atoms with Crippen molar-refractivity contribution < 1.29 is 69.4 Å². The van der Waals surface area contributed by atoms with Gasteiger partial charge >= 0.3 is 58.4 Å². The minimum absolute atomic E-state index is 0. The molecule has 1 N–H and O–H groups in total. The van der Waals surface area contributed by atoms with Gasteiger partial charge in [-0.15, -0.1) is 0 Å². The van der Waals surface area contributed by atoms with E-state index in [4.69, 9.17) is 5.11 Å². The fraction of sp³-hybridized carbons (Fsp3) is 1.00. The summed E-state index contributed by atoms with van der Waals surface area (Å²) >= 11 is 0. The van der Waals surface area contributed by atoms with Crippen molar-refractivity contribution in [1.29, 1.82) is 0 Å². The Bertz CT molecular complexity index is 113. The zero-order valence-corrected chi connectivity index (χ0v) is 10.6. The zero-order valence-electron chi connectivity index (χ0n) is 7.43. The molecule has 0 aromatic carbocycles. The van der Waals surface area contributed by atoms with Crippen molar-refractivity contribution in [2.75, 3.05) is 26.1 Å². The molecule has 0 aliphatic rings. The molecule has 0 saturated heterocycles. The molecule has 0 atom stereocenters. The molecule has 0 aliphatic carbocycles. The zero-order chi connectivity index (χ0) is 8.91. The van der Waals surface area contributed by atoms with Crippen LogP contribution in [0.4, 0.5) is 12.9 Å². The smallest absolute Gasteiger partial charge is 0.448 e. The van der Waals surface area contributed by atoms with Crippen molar-refractivity contribution in [2.45, 2.75) is 6.92 Å². The van der Waals surface area contributed by atoms with Crippen molar-refractivity contribution >= 4 is 6.98 Å². The first-order valence-electron chi connectivity index (χ1n) is 3.53. The van der Waals surface area contributed by atoms with E-state index in [1.165, 1.54) is 4.90 Å². The van der Waals surface area contributed by atoms with Crippen molar-refractivity contribution in [3.05, 3.63) is 0 Å². The summed E-state index contributed by atoms with van der Waals surface area (Å²) in [5, 5.41) is 8.36. The van der Waals surface area contributed by atoms with Crippen LogP contribution in [0.25, 0.3) is 0 Å². The van der Waals surface area contributed by atoms with E-state index in [1.807, 2.05) is 0 Å². The van der Waals surface area contributed by atoms with E-state index in [9.17, 15) is 12.9 Å². The predicted molar refractivity (Wildman–Crippen MR) is 38.3 cm³/mol. The van der Waals surface area contributed by atoms with Crippen molar-refractivity contribution in [2.24, 2.45) is 0 Å². The van der Waals surface area contributed by atoms with Gasteiger partial charge in [0, 0.05) is 6.54 Å². The first kappa shape index (κ1) is 15.9. The standard InChI is InChI=1S/C5H12BF3NO.K/c1-2-10(3-4-11)5-6(7,8)9;/h11H,2-5H2,1H3;/q-1;+1. The fourth-order valence-electron chi connectivity index (χ4n) is 0.813. The van der Waals surface area contributed by atoms with E-state index in [1.54, 1.807) is 6.92 Å². The quantitative estimate of drug-likeness (QED) is 0.514. The number of rotatable bonds is 5. The van der Waals surface area contributed by atoms with Crippen LogP contribution in [0.5, 0.6) is 0 Å². The molecule has 0 unspecified atom stereocenters. The second kappa shape index (κ2) is 7.78. The van der Waals surface area contributed by atoms with Gasteiger partial charge in [-0.1, -0.05) is 6.92 Å². The molecule has 0 rings (SSSR count). The van der Waals surface area contributed by atoms with Crippen LogP contribution in [-0.2, 0) is 0 Å². The maximum atomic E-state index is 11.8. The van der Waals surface area contributed by atoms with Gasteiger partial charge in [0.05, 0.1) is 6.61 Å². The van der Waals surface area contributed by atoms with Gasteiger partial charge in [-0.3, -0.25) is 0 Å². The topological polar surface area (TPSA) is 23.5 Å². The van der Waals surface area contributed by atoms with Crippen LogP contribution in [0.2, 0.25) is 0 Å². The van der Waals surface area contributed by atoms with Crippen LogP contribution in [0.1, 0.15) is 6.92 Å². The summed E-state index contributed by atoms with van der Waals surface area (Å²) in [6, 6.07) is 0. The third-order valence-electron chi connectivity index (χ3n) is 1.33. The predicted octanol–water partition coefficient (Wildman–Crippen LogP) is -2.31. The molecule has 0 amide bonds. The van der Waals surface area contributed by atoms with Crippen molar-refractivity contribution in [3.8, 4) is 0 Å². The second-order valence-corrected chi connectivity index (χ2v) is 2.33. The molecule has 0 fully saturated rings. The molecule has 0 heterocycles. The summed E-state index contributed by atoms with van der Waals surface area (Å²) in [4.78, 5) is 1.17. The summed E-state index contributed by atoms with van der Waals surface area (Å²) < 4.78 is 35.3. The van der Waals surface area contributed by atoms with E-state index in [0.717, 1.165) is 0 Å². The van der Waals surface area contributed by atoms with Crippen LogP contribution in [-0.4, -0.2) is 43.1 Å². The molecule has 12 heavy (non-hydrogen) atoms.